The lowest BCUT2D eigenvalue weighted by Gasteiger charge is -2.27. The van der Waals surface area contributed by atoms with Gasteiger partial charge in [-0.15, -0.1) is 24.5 Å². The minimum Gasteiger partial charge on any atom is -0.406 e. The molecule has 2 aromatic heterocycles. The zero-order valence-corrected chi connectivity index (χ0v) is 18.1. The van der Waals surface area contributed by atoms with E-state index >= 15 is 0 Å². The van der Waals surface area contributed by atoms with Crippen LogP contribution in [0, 0.1) is 0 Å². The highest BCUT2D eigenvalue weighted by Gasteiger charge is 2.31. The number of benzene rings is 1. The number of carbonyl (C=O) groups is 1. The topological polar surface area (TPSA) is 72.3 Å². The van der Waals surface area contributed by atoms with Gasteiger partial charge in [-0.3, -0.25) is 4.79 Å². The Bertz CT molecular complexity index is 1080. The number of nitrogens with zero attached hydrogens (tertiary/aromatic N) is 4. The summed E-state index contributed by atoms with van der Waals surface area (Å²) in [5.74, 6) is -0.418. The Kier molecular flexibility index (Phi) is 6.47. The zero-order valence-electron chi connectivity index (χ0n) is 17.3. The summed E-state index contributed by atoms with van der Waals surface area (Å²) in [6.07, 6.45) is 0.243. The molecule has 1 fully saturated rings. The van der Waals surface area contributed by atoms with Gasteiger partial charge in [0.25, 0.3) is 5.91 Å². The molecule has 1 aliphatic heterocycles. The molecule has 11 heteroatoms. The van der Waals surface area contributed by atoms with Crippen molar-refractivity contribution in [2.24, 2.45) is 0 Å². The fourth-order valence-electron chi connectivity index (χ4n) is 3.65. The number of hydrogen-bond donors (Lipinski definition) is 1. The average Bonchev–Trinajstić information content (AvgIpc) is 3.51. The van der Waals surface area contributed by atoms with E-state index in [0.29, 0.717) is 28.5 Å². The third-order valence-corrected chi connectivity index (χ3v) is 5.96. The van der Waals surface area contributed by atoms with Crippen LogP contribution in [0.2, 0.25) is 0 Å². The summed E-state index contributed by atoms with van der Waals surface area (Å²) >= 11 is 1.33. The molecule has 1 saturated heterocycles. The highest BCUT2D eigenvalue weighted by atomic mass is 32.1. The van der Waals surface area contributed by atoms with Gasteiger partial charge in [0, 0.05) is 42.3 Å². The van der Waals surface area contributed by atoms with Crippen molar-refractivity contribution in [2.45, 2.75) is 32.2 Å². The third kappa shape index (κ3) is 5.10. The van der Waals surface area contributed by atoms with Crippen molar-refractivity contribution in [1.29, 1.82) is 0 Å². The van der Waals surface area contributed by atoms with Crippen LogP contribution in [0.1, 0.15) is 30.3 Å². The molecular formula is C21H22F3N5O2S. The van der Waals surface area contributed by atoms with Crippen LogP contribution < -0.4 is 10.1 Å². The molecule has 4 rings (SSSR count). The Hall–Kier alpha value is -2.92. The minimum absolute atomic E-state index is 0.0903. The first kappa shape index (κ1) is 22.3. The SMILES string of the molecule is CCCN(C(=O)c1csc(-c2cnn(-c3cccc(OC(F)(F)F)c3)c2)n1)[C@@H]1CCNC1. The van der Waals surface area contributed by atoms with E-state index in [0.717, 1.165) is 25.9 Å². The summed E-state index contributed by atoms with van der Waals surface area (Å²) in [5.41, 5.74) is 1.47. The number of halogens is 3. The van der Waals surface area contributed by atoms with Crippen LogP contribution in [-0.4, -0.2) is 57.6 Å². The van der Waals surface area contributed by atoms with Crippen molar-refractivity contribution in [2.75, 3.05) is 19.6 Å². The van der Waals surface area contributed by atoms with Crippen LogP contribution >= 0.6 is 11.3 Å². The normalized spacial score (nSPS) is 16.3. The lowest BCUT2D eigenvalue weighted by atomic mass is 10.2. The molecule has 3 heterocycles. The van der Waals surface area contributed by atoms with E-state index < -0.39 is 6.36 Å². The van der Waals surface area contributed by atoms with Gasteiger partial charge in [-0.1, -0.05) is 13.0 Å². The molecule has 0 saturated carbocycles. The van der Waals surface area contributed by atoms with Crippen molar-refractivity contribution in [3.05, 3.63) is 47.7 Å². The molecule has 1 aromatic carbocycles. The molecule has 0 unspecified atom stereocenters. The molecular weight excluding hydrogens is 443 g/mol. The first-order valence-electron chi connectivity index (χ1n) is 10.2. The van der Waals surface area contributed by atoms with E-state index in [4.69, 9.17) is 0 Å². The molecule has 3 aromatic rings. The first-order chi connectivity index (χ1) is 15.3. The Labute approximate surface area is 186 Å². The summed E-state index contributed by atoms with van der Waals surface area (Å²) in [6, 6.07) is 5.72. The number of thiazole rings is 1. The quantitative estimate of drug-likeness (QED) is 0.569. The smallest absolute Gasteiger partial charge is 0.406 e. The number of ether oxygens (including phenoxy) is 1. The lowest BCUT2D eigenvalue weighted by molar-refractivity contribution is -0.274. The molecule has 7 nitrogen and oxygen atoms in total. The number of rotatable bonds is 7. The van der Waals surface area contributed by atoms with Crippen LogP contribution in [0.25, 0.3) is 16.3 Å². The van der Waals surface area contributed by atoms with Gasteiger partial charge < -0.3 is 15.0 Å². The van der Waals surface area contributed by atoms with Gasteiger partial charge in [0.2, 0.25) is 0 Å². The van der Waals surface area contributed by atoms with Gasteiger partial charge in [0.05, 0.1) is 11.9 Å². The van der Waals surface area contributed by atoms with Gasteiger partial charge >= 0.3 is 6.36 Å². The second kappa shape index (κ2) is 9.29. The second-order valence-electron chi connectivity index (χ2n) is 7.40. The summed E-state index contributed by atoms with van der Waals surface area (Å²) in [6.45, 7) is 4.39. The predicted molar refractivity (Wildman–Crippen MR) is 114 cm³/mol. The number of nitrogens with one attached hydrogen (secondary N) is 1. The van der Waals surface area contributed by atoms with Crippen LogP contribution in [0.4, 0.5) is 13.2 Å². The maximum absolute atomic E-state index is 13.1. The molecule has 1 aliphatic rings. The van der Waals surface area contributed by atoms with Gasteiger partial charge in [-0.25, -0.2) is 9.67 Å². The Morgan fingerprint density at radius 3 is 2.97 bits per heavy atom. The first-order valence-corrected chi connectivity index (χ1v) is 11.1. The van der Waals surface area contributed by atoms with E-state index in [1.807, 2.05) is 11.8 Å². The molecule has 0 radical (unpaired) electrons. The van der Waals surface area contributed by atoms with Gasteiger partial charge in [-0.2, -0.15) is 5.10 Å². The van der Waals surface area contributed by atoms with E-state index in [1.165, 1.54) is 34.2 Å². The number of hydrogen-bond acceptors (Lipinski definition) is 6. The van der Waals surface area contributed by atoms with Crippen molar-refractivity contribution in [3.63, 3.8) is 0 Å². The molecule has 0 aliphatic carbocycles. The molecule has 1 amide bonds. The van der Waals surface area contributed by atoms with Crippen molar-refractivity contribution < 1.29 is 22.7 Å². The van der Waals surface area contributed by atoms with Gasteiger partial charge in [0.1, 0.15) is 16.5 Å². The fraction of sp³-hybridized carbons (Fsp3) is 0.381. The van der Waals surface area contributed by atoms with Crippen molar-refractivity contribution in [3.8, 4) is 22.0 Å². The van der Waals surface area contributed by atoms with Crippen LogP contribution in [0.15, 0.2) is 42.0 Å². The second-order valence-corrected chi connectivity index (χ2v) is 8.26. The highest BCUT2D eigenvalue weighted by Crippen LogP contribution is 2.28. The van der Waals surface area contributed by atoms with Crippen molar-refractivity contribution in [1.82, 2.24) is 25.0 Å². The maximum atomic E-state index is 13.1. The van der Waals surface area contributed by atoms with Gasteiger partial charge in [0.15, 0.2) is 0 Å². The minimum atomic E-state index is -4.77. The average molecular weight is 466 g/mol. The van der Waals surface area contributed by atoms with E-state index in [9.17, 15) is 18.0 Å². The number of aromatic nitrogens is 3. The van der Waals surface area contributed by atoms with E-state index in [2.05, 4.69) is 20.1 Å². The van der Waals surface area contributed by atoms with Crippen LogP contribution in [0.5, 0.6) is 5.75 Å². The monoisotopic (exact) mass is 465 g/mol. The summed E-state index contributed by atoms with van der Waals surface area (Å²) in [7, 11) is 0. The third-order valence-electron chi connectivity index (χ3n) is 5.07. The summed E-state index contributed by atoms with van der Waals surface area (Å²) < 4.78 is 42.9. The Morgan fingerprint density at radius 1 is 1.41 bits per heavy atom. The van der Waals surface area contributed by atoms with Gasteiger partial charge in [-0.05, 0) is 31.5 Å². The zero-order chi connectivity index (χ0) is 22.7. The molecule has 170 valence electrons. The molecule has 32 heavy (non-hydrogen) atoms. The Morgan fingerprint density at radius 2 is 2.25 bits per heavy atom. The van der Waals surface area contributed by atoms with Crippen LogP contribution in [-0.2, 0) is 0 Å². The standard InChI is InChI=1S/C21H22F3N5O2S/c1-2-8-28(16-6-7-25-11-16)20(30)18-13-32-19(27-18)14-10-26-29(12-14)15-4-3-5-17(9-15)31-21(22,23)24/h3-5,9-10,12-13,16,25H,2,6-8,11H2,1H3/t16-/m1/s1. The van der Waals surface area contributed by atoms with E-state index in [-0.39, 0.29) is 17.7 Å². The summed E-state index contributed by atoms with van der Waals surface area (Å²) in [5, 5.41) is 9.86. The van der Waals surface area contributed by atoms with Crippen molar-refractivity contribution >= 4 is 17.2 Å². The maximum Gasteiger partial charge on any atom is 0.573 e. The number of carbonyl (C=O) groups excluding carboxylic acids is 1. The molecule has 0 spiro atoms. The molecule has 1 atom stereocenters. The van der Waals surface area contributed by atoms with Crippen LogP contribution in [0.3, 0.4) is 0 Å². The predicted octanol–water partition coefficient (Wildman–Crippen LogP) is 4.11. The summed E-state index contributed by atoms with van der Waals surface area (Å²) in [4.78, 5) is 19.5. The molecule has 1 N–H and O–H groups in total. The lowest BCUT2D eigenvalue weighted by Crippen LogP contribution is -2.42. The largest absolute Gasteiger partial charge is 0.573 e. The fourth-order valence-corrected chi connectivity index (χ4v) is 4.41. The molecule has 0 bridgehead atoms. The number of amides is 1. The van der Waals surface area contributed by atoms with E-state index in [1.54, 1.807) is 23.8 Å². The number of alkyl halides is 3. The Balaban J connectivity index is 1.52. The highest BCUT2D eigenvalue weighted by molar-refractivity contribution is 7.13.